The standard InChI is InChI=1S/C12H15NO3S/c1-3-16-12(14)9-5-6-10-8-13-17(15,4-2)11(10)7-9/h5-7H,3-4,8H2,1-2H3. The number of ether oxygens (including phenoxy) is 1. The summed E-state index contributed by atoms with van der Waals surface area (Å²) < 4.78 is 21.5. The smallest absolute Gasteiger partial charge is 0.338 e. The lowest BCUT2D eigenvalue weighted by molar-refractivity contribution is 0.0526. The minimum Gasteiger partial charge on any atom is -0.462 e. The summed E-state index contributed by atoms with van der Waals surface area (Å²) in [4.78, 5) is 12.3. The molecule has 0 aliphatic carbocycles. The van der Waals surface area contributed by atoms with Gasteiger partial charge >= 0.3 is 5.97 Å². The molecular formula is C12H15NO3S. The van der Waals surface area contributed by atoms with E-state index in [2.05, 4.69) is 4.36 Å². The summed E-state index contributed by atoms with van der Waals surface area (Å²) in [6.45, 7) is 4.42. The van der Waals surface area contributed by atoms with Gasteiger partial charge in [-0.05, 0) is 24.6 Å². The van der Waals surface area contributed by atoms with E-state index in [-0.39, 0.29) is 5.97 Å². The zero-order valence-corrected chi connectivity index (χ0v) is 10.8. The van der Waals surface area contributed by atoms with Gasteiger partial charge in [0, 0.05) is 5.75 Å². The van der Waals surface area contributed by atoms with Crippen LogP contribution in [0.2, 0.25) is 0 Å². The largest absolute Gasteiger partial charge is 0.462 e. The fraction of sp³-hybridized carbons (Fsp3) is 0.417. The highest BCUT2D eigenvalue weighted by atomic mass is 32.2. The Morgan fingerprint density at radius 3 is 2.88 bits per heavy atom. The Hall–Kier alpha value is -1.36. The van der Waals surface area contributed by atoms with Crippen molar-refractivity contribution < 1.29 is 13.7 Å². The van der Waals surface area contributed by atoms with Crippen molar-refractivity contribution in [3.8, 4) is 0 Å². The van der Waals surface area contributed by atoms with Crippen LogP contribution in [0, 0.1) is 0 Å². The van der Waals surface area contributed by atoms with Gasteiger partial charge in [0.05, 0.1) is 33.3 Å². The van der Waals surface area contributed by atoms with Crippen LogP contribution in [-0.4, -0.2) is 22.5 Å². The summed E-state index contributed by atoms with van der Waals surface area (Å²) in [6.07, 6.45) is 0. The topological polar surface area (TPSA) is 55.7 Å². The first-order valence-corrected chi connectivity index (χ1v) is 7.30. The number of rotatable bonds is 3. The monoisotopic (exact) mass is 253 g/mol. The average Bonchev–Trinajstić information content (AvgIpc) is 2.68. The molecule has 0 amide bonds. The van der Waals surface area contributed by atoms with Crippen LogP contribution in [0.25, 0.3) is 0 Å². The van der Waals surface area contributed by atoms with Crippen molar-refractivity contribution in [3.63, 3.8) is 0 Å². The number of carbonyl (C=O) groups excluding carboxylic acids is 1. The fourth-order valence-electron chi connectivity index (χ4n) is 1.81. The maximum absolute atomic E-state index is 12.4. The number of nitrogens with zero attached hydrogens (tertiary/aromatic N) is 1. The molecule has 5 heteroatoms. The molecule has 2 rings (SSSR count). The Labute approximate surface area is 101 Å². The molecule has 1 aromatic rings. The molecule has 1 aromatic carbocycles. The highest BCUT2D eigenvalue weighted by Gasteiger charge is 2.22. The summed E-state index contributed by atoms with van der Waals surface area (Å²) in [5.41, 5.74) is 1.40. The van der Waals surface area contributed by atoms with E-state index in [1.165, 1.54) is 0 Å². The predicted octanol–water partition coefficient (Wildman–Crippen LogP) is 2.22. The van der Waals surface area contributed by atoms with E-state index < -0.39 is 9.73 Å². The summed E-state index contributed by atoms with van der Waals surface area (Å²) >= 11 is 0. The molecule has 0 saturated carbocycles. The predicted molar refractivity (Wildman–Crippen MR) is 65.5 cm³/mol. The number of esters is 1. The summed E-state index contributed by atoms with van der Waals surface area (Å²) in [6, 6.07) is 5.18. The first-order valence-electron chi connectivity index (χ1n) is 5.61. The molecule has 1 atom stereocenters. The molecule has 0 N–H and O–H groups in total. The van der Waals surface area contributed by atoms with E-state index in [1.54, 1.807) is 19.1 Å². The second kappa shape index (κ2) is 4.49. The molecule has 0 radical (unpaired) electrons. The van der Waals surface area contributed by atoms with E-state index in [4.69, 9.17) is 4.74 Å². The molecule has 17 heavy (non-hydrogen) atoms. The Morgan fingerprint density at radius 1 is 1.47 bits per heavy atom. The molecule has 1 aliphatic heterocycles. The first-order chi connectivity index (χ1) is 8.10. The zero-order valence-electron chi connectivity index (χ0n) is 9.93. The molecule has 0 spiro atoms. The molecular weight excluding hydrogens is 238 g/mol. The molecule has 0 saturated heterocycles. The average molecular weight is 253 g/mol. The molecule has 0 aromatic heterocycles. The van der Waals surface area contributed by atoms with Crippen molar-refractivity contribution in [2.75, 3.05) is 12.4 Å². The SMILES string of the molecule is CCOC(=O)c1ccc2c(c1)S(=O)(CC)=NC2. The van der Waals surface area contributed by atoms with Crippen LogP contribution in [-0.2, 0) is 21.0 Å². The Balaban J connectivity index is 2.45. The Kier molecular flexibility index (Phi) is 3.19. The third kappa shape index (κ3) is 2.07. The van der Waals surface area contributed by atoms with Gasteiger partial charge in [0.1, 0.15) is 0 Å². The molecule has 1 heterocycles. The Morgan fingerprint density at radius 2 is 2.24 bits per heavy atom. The normalized spacial score (nSPS) is 21.8. The first kappa shape index (κ1) is 12.1. The van der Waals surface area contributed by atoms with Gasteiger partial charge in [0.2, 0.25) is 0 Å². The zero-order chi connectivity index (χ0) is 12.5. The lowest BCUT2D eigenvalue weighted by Crippen LogP contribution is -2.07. The number of benzene rings is 1. The van der Waals surface area contributed by atoms with E-state index in [1.807, 2.05) is 13.0 Å². The van der Waals surface area contributed by atoms with Crippen molar-refractivity contribution >= 4 is 15.7 Å². The van der Waals surface area contributed by atoms with Crippen molar-refractivity contribution in [2.24, 2.45) is 4.36 Å². The number of fused-ring (bicyclic) bond motifs is 1. The van der Waals surface area contributed by atoms with Crippen LogP contribution in [0.4, 0.5) is 0 Å². The maximum atomic E-state index is 12.4. The van der Waals surface area contributed by atoms with Gasteiger partial charge in [0.25, 0.3) is 0 Å². The molecule has 1 aliphatic rings. The highest BCUT2D eigenvalue weighted by Crippen LogP contribution is 2.28. The van der Waals surface area contributed by atoms with Gasteiger partial charge in [0.15, 0.2) is 0 Å². The molecule has 0 bridgehead atoms. The van der Waals surface area contributed by atoms with Crippen LogP contribution in [0.15, 0.2) is 27.5 Å². The lowest BCUT2D eigenvalue weighted by atomic mass is 10.1. The molecule has 1 unspecified atom stereocenters. The minimum absolute atomic E-state index is 0.337. The van der Waals surface area contributed by atoms with Crippen molar-refractivity contribution in [3.05, 3.63) is 29.3 Å². The van der Waals surface area contributed by atoms with Gasteiger partial charge < -0.3 is 4.74 Å². The second-order valence-corrected chi connectivity index (χ2v) is 6.32. The van der Waals surface area contributed by atoms with E-state index >= 15 is 0 Å². The van der Waals surface area contributed by atoms with Crippen molar-refractivity contribution in [2.45, 2.75) is 25.3 Å². The summed E-state index contributed by atoms with van der Waals surface area (Å²) in [5, 5.41) is 0. The lowest BCUT2D eigenvalue weighted by Gasteiger charge is -2.07. The number of hydrogen-bond donors (Lipinski definition) is 0. The van der Waals surface area contributed by atoms with E-state index in [0.29, 0.717) is 29.4 Å². The highest BCUT2D eigenvalue weighted by molar-refractivity contribution is 7.93. The van der Waals surface area contributed by atoms with Crippen LogP contribution < -0.4 is 0 Å². The van der Waals surface area contributed by atoms with Crippen LogP contribution >= 0.6 is 0 Å². The van der Waals surface area contributed by atoms with Gasteiger partial charge in [-0.1, -0.05) is 13.0 Å². The molecule has 0 fully saturated rings. The number of carbonyl (C=O) groups is 1. The summed E-state index contributed by atoms with van der Waals surface area (Å²) in [7, 11) is -2.30. The Bertz CT molecular complexity index is 571. The van der Waals surface area contributed by atoms with Gasteiger partial charge in [-0.15, -0.1) is 0 Å². The van der Waals surface area contributed by atoms with E-state index in [9.17, 15) is 9.00 Å². The quantitative estimate of drug-likeness (QED) is 0.776. The van der Waals surface area contributed by atoms with Crippen LogP contribution in [0.5, 0.6) is 0 Å². The van der Waals surface area contributed by atoms with Gasteiger partial charge in [-0.2, -0.15) is 0 Å². The third-order valence-electron chi connectivity index (χ3n) is 2.76. The van der Waals surface area contributed by atoms with Crippen LogP contribution in [0.3, 0.4) is 0 Å². The minimum atomic E-state index is -2.30. The maximum Gasteiger partial charge on any atom is 0.338 e. The van der Waals surface area contributed by atoms with Gasteiger partial charge in [-0.3, -0.25) is 0 Å². The fourth-order valence-corrected chi connectivity index (χ4v) is 3.65. The molecule has 4 nitrogen and oxygen atoms in total. The summed E-state index contributed by atoms with van der Waals surface area (Å²) in [5.74, 6) is 0.104. The van der Waals surface area contributed by atoms with E-state index in [0.717, 1.165) is 5.56 Å². The second-order valence-electron chi connectivity index (χ2n) is 3.76. The third-order valence-corrected chi connectivity index (χ3v) is 5.15. The molecule has 92 valence electrons. The van der Waals surface area contributed by atoms with Crippen molar-refractivity contribution in [1.29, 1.82) is 0 Å². The number of hydrogen-bond acceptors (Lipinski definition) is 4. The van der Waals surface area contributed by atoms with Crippen LogP contribution in [0.1, 0.15) is 29.8 Å². The van der Waals surface area contributed by atoms with Crippen molar-refractivity contribution in [1.82, 2.24) is 0 Å². The van der Waals surface area contributed by atoms with Gasteiger partial charge in [-0.25, -0.2) is 13.4 Å².